The second kappa shape index (κ2) is 7.66. The summed E-state index contributed by atoms with van der Waals surface area (Å²) >= 11 is 0. The summed E-state index contributed by atoms with van der Waals surface area (Å²) in [4.78, 5) is 12.1. The molecule has 2 rings (SSSR count). The normalized spacial score (nSPS) is 10.7. The molecule has 0 atom stereocenters. The van der Waals surface area contributed by atoms with Crippen LogP contribution in [0.25, 0.3) is 6.08 Å². The average Bonchev–Trinajstić information content (AvgIpc) is 2.59. The van der Waals surface area contributed by atoms with E-state index < -0.39 is 5.91 Å². The van der Waals surface area contributed by atoms with Crippen LogP contribution in [-0.4, -0.2) is 18.1 Å². The highest BCUT2D eigenvalue weighted by Crippen LogP contribution is 2.17. The molecule has 0 spiro atoms. The Morgan fingerprint density at radius 2 is 1.96 bits per heavy atom. The van der Waals surface area contributed by atoms with E-state index >= 15 is 0 Å². The molecule has 0 saturated heterocycles. The molecule has 116 valence electrons. The summed E-state index contributed by atoms with van der Waals surface area (Å²) in [5, 5.41) is 21.1. The number of ether oxygens (including phenoxy) is 1. The third-order valence-corrected chi connectivity index (χ3v) is 3.20. The summed E-state index contributed by atoms with van der Waals surface area (Å²) in [6.07, 6.45) is 1.47. The molecule has 5 heteroatoms. The highest BCUT2D eigenvalue weighted by atomic mass is 16.5. The topological polar surface area (TPSA) is 82.3 Å². The van der Waals surface area contributed by atoms with Crippen molar-refractivity contribution in [2.75, 3.05) is 7.11 Å². The van der Waals surface area contributed by atoms with Crippen molar-refractivity contribution in [1.29, 1.82) is 5.26 Å². The van der Waals surface area contributed by atoms with Crippen molar-refractivity contribution in [3.8, 4) is 17.6 Å². The number of para-hydroxylation sites is 1. The third kappa shape index (κ3) is 4.35. The van der Waals surface area contributed by atoms with Gasteiger partial charge in [-0.25, -0.2) is 0 Å². The Balaban J connectivity index is 2.09. The van der Waals surface area contributed by atoms with Crippen LogP contribution in [0.1, 0.15) is 11.1 Å². The van der Waals surface area contributed by atoms with Gasteiger partial charge in [-0.1, -0.05) is 30.3 Å². The first-order chi connectivity index (χ1) is 11.1. The van der Waals surface area contributed by atoms with E-state index in [9.17, 15) is 9.90 Å². The molecule has 23 heavy (non-hydrogen) atoms. The van der Waals surface area contributed by atoms with E-state index in [1.54, 1.807) is 25.3 Å². The molecule has 2 N–H and O–H groups in total. The minimum Gasteiger partial charge on any atom is -0.508 e. The second-order valence-corrected chi connectivity index (χ2v) is 4.76. The number of carbonyl (C=O) groups is 1. The summed E-state index contributed by atoms with van der Waals surface area (Å²) < 4.78 is 5.22. The van der Waals surface area contributed by atoms with E-state index in [4.69, 9.17) is 10.00 Å². The predicted octanol–water partition coefficient (Wildman–Crippen LogP) is 2.62. The molecule has 2 aromatic carbocycles. The summed E-state index contributed by atoms with van der Waals surface area (Å²) in [7, 11) is 1.56. The molecule has 0 unspecified atom stereocenters. The van der Waals surface area contributed by atoms with Crippen LogP contribution < -0.4 is 10.1 Å². The van der Waals surface area contributed by atoms with E-state index in [2.05, 4.69) is 5.32 Å². The van der Waals surface area contributed by atoms with E-state index in [1.165, 1.54) is 18.2 Å². The number of hydrogen-bond donors (Lipinski definition) is 2. The molecule has 2 aromatic rings. The Labute approximate surface area is 134 Å². The van der Waals surface area contributed by atoms with E-state index in [1.807, 2.05) is 24.3 Å². The lowest BCUT2D eigenvalue weighted by atomic mass is 10.1. The molecular weight excluding hydrogens is 292 g/mol. The number of phenols is 1. The van der Waals surface area contributed by atoms with Crippen LogP contribution in [0.4, 0.5) is 0 Å². The van der Waals surface area contributed by atoms with Crippen molar-refractivity contribution in [2.24, 2.45) is 0 Å². The van der Waals surface area contributed by atoms with Crippen LogP contribution >= 0.6 is 0 Å². The number of aromatic hydroxyl groups is 1. The number of hydrogen-bond acceptors (Lipinski definition) is 4. The molecule has 0 radical (unpaired) electrons. The first-order valence-electron chi connectivity index (χ1n) is 6.95. The molecule has 5 nitrogen and oxygen atoms in total. The zero-order valence-electron chi connectivity index (χ0n) is 12.6. The Bertz CT molecular complexity index is 759. The van der Waals surface area contributed by atoms with Crippen molar-refractivity contribution < 1.29 is 14.6 Å². The van der Waals surface area contributed by atoms with Gasteiger partial charge in [-0.05, 0) is 29.8 Å². The molecule has 0 saturated carbocycles. The maximum Gasteiger partial charge on any atom is 0.262 e. The Morgan fingerprint density at radius 3 is 2.61 bits per heavy atom. The first-order valence-corrected chi connectivity index (χ1v) is 6.95. The van der Waals surface area contributed by atoms with Gasteiger partial charge in [-0.2, -0.15) is 5.26 Å². The molecule has 0 aromatic heterocycles. The van der Waals surface area contributed by atoms with Crippen molar-refractivity contribution in [2.45, 2.75) is 6.54 Å². The third-order valence-electron chi connectivity index (χ3n) is 3.20. The van der Waals surface area contributed by atoms with Crippen molar-refractivity contribution in [3.05, 3.63) is 65.2 Å². The first kappa shape index (κ1) is 16.1. The van der Waals surface area contributed by atoms with Crippen molar-refractivity contribution in [1.82, 2.24) is 5.32 Å². The highest BCUT2D eigenvalue weighted by Gasteiger charge is 2.10. The molecule has 0 heterocycles. The van der Waals surface area contributed by atoms with Gasteiger partial charge in [0.1, 0.15) is 23.1 Å². The fraction of sp³-hybridized carbons (Fsp3) is 0.111. The lowest BCUT2D eigenvalue weighted by Gasteiger charge is -2.09. The van der Waals surface area contributed by atoms with Gasteiger partial charge in [-0.15, -0.1) is 0 Å². The predicted molar refractivity (Wildman–Crippen MR) is 86.5 cm³/mol. The zero-order chi connectivity index (χ0) is 16.7. The van der Waals surface area contributed by atoms with Crippen LogP contribution in [0.2, 0.25) is 0 Å². The maximum atomic E-state index is 12.1. The molecule has 0 bridgehead atoms. The molecule has 1 amide bonds. The van der Waals surface area contributed by atoms with Gasteiger partial charge in [0.2, 0.25) is 0 Å². The number of methoxy groups -OCH3 is 1. The summed E-state index contributed by atoms with van der Waals surface area (Å²) in [6, 6.07) is 15.5. The number of benzene rings is 2. The lowest BCUT2D eigenvalue weighted by Crippen LogP contribution is -2.24. The van der Waals surface area contributed by atoms with Gasteiger partial charge >= 0.3 is 0 Å². The molecular formula is C18H16N2O3. The van der Waals surface area contributed by atoms with Crippen LogP contribution in [0.3, 0.4) is 0 Å². The summed E-state index contributed by atoms with van der Waals surface area (Å²) in [6.45, 7) is 0.261. The molecule has 0 aliphatic carbocycles. The van der Waals surface area contributed by atoms with Gasteiger partial charge < -0.3 is 15.2 Å². The second-order valence-electron chi connectivity index (χ2n) is 4.76. The quantitative estimate of drug-likeness (QED) is 0.657. The highest BCUT2D eigenvalue weighted by molar-refractivity contribution is 6.01. The molecule has 0 fully saturated rings. The smallest absolute Gasteiger partial charge is 0.262 e. The molecule has 0 aliphatic heterocycles. The minimum atomic E-state index is -0.466. The van der Waals surface area contributed by atoms with Crippen molar-refractivity contribution >= 4 is 12.0 Å². The minimum absolute atomic E-state index is 0.00872. The number of amides is 1. The van der Waals surface area contributed by atoms with E-state index in [0.29, 0.717) is 11.3 Å². The van der Waals surface area contributed by atoms with E-state index in [-0.39, 0.29) is 17.9 Å². The fourth-order valence-electron chi connectivity index (χ4n) is 2.01. The Morgan fingerprint density at radius 1 is 1.26 bits per heavy atom. The Hall–Kier alpha value is -3.26. The largest absolute Gasteiger partial charge is 0.508 e. The van der Waals surface area contributed by atoms with Crippen molar-refractivity contribution in [3.63, 3.8) is 0 Å². The standard InChI is InChI=1S/C18H16N2O3/c1-23-17-5-3-2-4-14(17)12-20-18(22)15(11-19)10-13-6-8-16(21)9-7-13/h2-10,21H,12H2,1H3,(H,20,22)/b15-10+. The van der Waals surface area contributed by atoms with E-state index in [0.717, 1.165) is 5.56 Å². The summed E-state index contributed by atoms with van der Waals surface area (Å²) in [5.41, 5.74) is 1.47. The molecule has 0 aliphatic rings. The fourth-order valence-corrected chi connectivity index (χ4v) is 2.01. The number of phenolic OH excluding ortho intramolecular Hbond substituents is 1. The lowest BCUT2D eigenvalue weighted by molar-refractivity contribution is -0.117. The number of nitrogens with one attached hydrogen (secondary N) is 1. The Kier molecular flexibility index (Phi) is 5.37. The SMILES string of the molecule is COc1ccccc1CNC(=O)/C(C#N)=C/c1ccc(O)cc1. The number of rotatable bonds is 5. The number of nitriles is 1. The van der Waals surface area contributed by atoms with Gasteiger partial charge in [-0.3, -0.25) is 4.79 Å². The monoisotopic (exact) mass is 308 g/mol. The number of nitrogens with zero attached hydrogens (tertiary/aromatic N) is 1. The van der Waals surface area contributed by atoms with Gasteiger partial charge in [0.25, 0.3) is 5.91 Å². The number of carbonyl (C=O) groups excluding carboxylic acids is 1. The zero-order valence-corrected chi connectivity index (χ0v) is 12.6. The summed E-state index contributed by atoms with van der Waals surface area (Å²) in [5.74, 6) is 0.335. The van der Waals surface area contributed by atoms with Gasteiger partial charge in [0.15, 0.2) is 0 Å². The average molecular weight is 308 g/mol. The van der Waals surface area contributed by atoms with Crippen LogP contribution in [0.5, 0.6) is 11.5 Å². The maximum absolute atomic E-state index is 12.1. The van der Waals surface area contributed by atoms with Gasteiger partial charge in [0.05, 0.1) is 7.11 Å². The van der Waals surface area contributed by atoms with Gasteiger partial charge in [0, 0.05) is 12.1 Å². The van der Waals surface area contributed by atoms with Crippen LogP contribution in [-0.2, 0) is 11.3 Å². The van der Waals surface area contributed by atoms with Crippen LogP contribution in [0.15, 0.2) is 54.1 Å². The van der Waals surface area contributed by atoms with Crippen LogP contribution in [0, 0.1) is 11.3 Å².